The lowest BCUT2D eigenvalue weighted by atomic mass is 10.1. The lowest BCUT2D eigenvalue weighted by Crippen LogP contribution is -2.59. The van der Waals surface area contributed by atoms with E-state index in [1.165, 1.54) is 25.0 Å². The Balaban J connectivity index is 1.27. The van der Waals surface area contributed by atoms with Gasteiger partial charge in [-0.25, -0.2) is 4.39 Å². The monoisotopic (exact) mass is 339 g/mol. The van der Waals surface area contributed by atoms with Crippen LogP contribution in [0.2, 0.25) is 0 Å². The first-order valence-corrected chi connectivity index (χ1v) is 8.55. The summed E-state index contributed by atoms with van der Waals surface area (Å²) < 4.78 is 19.0. The smallest absolute Gasteiger partial charge is 0.298 e. The number of fused-ring (bicyclic) bond motifs is 1. The van der Waals surface area contributed by atoms with Crippen molar-refractivity contribution in [1.82, 2.24) is 15.2 Å². The van der Waals surface area contributed by atoms with Crippen LogP contribution in [0, 0.1) is 5.82 Å². The molecule has 128 valence electrons. The lowest BCUT2D eigenvalue weighted by Gasteiger charge is -2.43. The first-order chi connectivity index (χ1) is 12.2. The second kappa shape index (κ2) is 5.40. The van der Waals surface area contributed by atoms with Crippen molar-refractivity contribution < 1.29 is 8.81 Å². The molecule has 2 fully saturated rings. The molecule has 0 N–H and O–H groups in total. The molecule has 0 spiro atoms. The molecule has 25 heavy (non-hydrogen) atoms. The van der Waals surface area contributed by atoms with E-state index in [1.807, 2.05) is 11.9 Å². The minimum absolute atomic E-state index is 0.280. The molecule has 6 nitrogen and oxygen atoms in total. The van der Waals surface area contributed by atoms with Gasteiger partial charge in [0.1, 0.15) is 11.3 Å². The number of aromatic nitrogens is 3. The Morgan fingerprint density at radius 1 is 1.16 bits per heavy atom. The summed E-state index contributed by atoms with van der Waals surface area (Å²) in [5, 5.41) is 8.69. The van der Waals surface area contributed by atoms with Gasteiger partial charge in [0, 0.05) is 32.1 Å². The largest absolute Gasteiger partial charge is 0.423 e. The van der Waals surface area contributed by atoms with Crippen LogP contribution in [0.15, 0.2) is 34.7 Å². The first kappa shape index (κ1) is 14.6. The minimum Gasteiger partial charge on any atom is -0.423 e. The van der Waals surface area contributed by atoms with Gasteiger partial charge >= 0.3 is 0 Å². The summed E-state index contributed by atoms with van der Waals surface area (Å²) in [6.45, 7) is 1.67. The molecule has 1 saturated heterocycles. The maximum absolute atomic E-state index is 13.3. The molecule has 1 saturated carbocycles. The average molecular weight is 339 g/mol. The van der Waals surface area contributed by atoms with E-state index in [0.717, 1.165) is 24.6 Å². The van der Waals surface area contributed by atoms with Crippen LogP contribution in [0.5, 0.6) is 0 Å². The van der Waals surface area contributed by atoms with Gasteiger partial charge in [0.25, 0.3) is 6.01 Å². The fourth-order valence-corrected chi connectivity index (χ4v) is 3.18. The third-order valence-electron chi connectivity index (χ3n) is 5.04. The number of likely N-dealkylation sites (N-methyl/N-ethyl adjacent to an activating group) is 1. The number of oxazole rings is 1. The molecule has 0 radical (unpaired) electrons. The maximum atomic E-state index is 13.3. The zero-order valence-electron chi connectivity index (χ0n) is 13.9. The molecule has 2 aliphatic rings. The van der Waals surface area contributed by atoms with Crippen molar-refractivity contribution in [2.45, 2.75) is 24.8 Å². The number of halogens is 1. The van der Waals surface area contributed by atoms with E-state index >= 15 is 0 Å². The molecule has 1 aliphatic carbocycles. The van der Waals surface area contributed by atoms with E-state index in [0.29, 0.717) is 23.0 Å². The molecule has 1 aliphatic heterocycles. The highest BCUT2D eigenvalue weighted by Gasteiger charge is 2.33. The molecule has 2 aromatic heterocycles. The molecule has 3 heterocycles. The Bertz CT molecular complexity index is 915. The van der Waals surface area contributed by atoms with E-state index in [9.17, 15) is 4.39 Å². The molecule has 5 rings (SSSR count). The predicted molar refractivity (Wildman–Crippen MR) is 92.4 cm³/mol. The molecule has 0 unspecified atom stereocenters. The third-order valence-corrected chi connectivity index (χ3v) is 5.04. The number of hydrogen-bond donors (Lipinski definition) is 0. The van der Waals surface area contributed by atoms with Gasteiger partial charge in [-0.3, -0.25) is 0 Å². The van der Waals surface area contributed by atoms with E-state index in [2.05, 4.69) is 32.2 Å². The van der Waals surface area contributed by atoms with Crippen molar-refractivity contribution in [3.63, 3.8) is 0 Å². The summed E-state index contributed by atoms with van der Waals surface area (Å²) >= 11 is 0. The Kier molecular flexibility index (Phi) is 3.16. The van der Waals surface area contributed by atoms with E-state index in [4.69, 9.17) is 4.42 Å². The van der Waals surface area contributed by atoms with Crippen LogP contribution in [0.4, 0.5) is 16.2 Å². The van der Waals surface area contributed by atoms with Gasteiger partial charge in [-0.15, -0.1) is 5.10 Å². The highest BCUT2D eigenvalue weighted by atomic mass is 19.1. The molecule has 7 heteroatoms. The quantitative estimate of drug-likeness (QED) is 0.728. The average Bonchev–Trinajstić information content (AvgIpc) is 3.33. The Morgan fingerprint density at radius 2 is 2.00 bits per heavy atom. The summed E-state index contributed by atoms with van der Waals surface area (Å²) in [6, 6.07) is 9.32. The number of rotatable bonds is 4. The minimum atomic E-state index is -0.307. The Hall–Kier alpha value is -2.70. The highest BCUT2D eigenvalue weighted by Crippen LogP contribution is 2.39. The van der Waals surface area contributed by atoms with Crippen LogP contribution < -0.4 is 9.80 Å². The molecular weight excluding hydrogens is 321 g/mol. The van der Waals surface area contributed by atoms with Crippen molar-refractivity contribution in [3.8, 4) is 0 Å². The predicted octanol–water partition coefficient (Wildman–Crippen LogP) is 2.96. The number of hydrogen-bond acceptors (Lipinski definition) is 6. The summed E-state index contributed by atoms with van der Waals surface area (Å²) in [7, 11) is 1.95. The molecule has 1 aromatic carbocycles. The van der Waals surface area contributed by atoms with Crippen molar-refractivity contribution in [2.75, 3.05) is 29.9 Å². The van der Waals surface area contributed by atoms with Crippen molar-refractivity contribution in [2.24, 2.45) is 0 Å². The fraction of sp³-hybridized carbons (Fsp3) is 0.389. The number of benzene rings is 1. The van der Waals surface area contributed by atoms with Gasteiger partial charge < -0.3 is 14.2 Å². The Morgan fingerprint density at radius 3 is 2.72 bits per heavy atom. The van der Waals surface area contributed by atoms with Crippen LogP contribution in [0.1, 0.15) is 24.5 Å². The zero-order chi connectivity index (χ0) is 17.0. The summed E-state index contributed by atoms with van der Waals surface area (Å²) in [5.41, 5.74) is 2.25. The molecule has 0 atom stereocenters. The molecule has 3 aromatic rings. The van der Waals surface area contributed by atoms with Gasteiger partial charge in [0.05, 0.1) is 11.7 Å². The molecular formula is C18H18FN5O. The third kappa shape index (κ3) is 2.59. The summed E-state index contributed by atoms with van der Waals surface area (Å²) in [5.74, 6) is 1.23. The van der Waals surface area contributed by atoms with Gasteiger partial charge in [-0.1, -0.05) is 0 Å². The lowest BCUT2D eigenvalue weighted by molar-refractivity contribution is 0.456. The summed E-state index contributed by atoms with van der Waals surface area (Å²) in [4.78, 5) is 8.57. The van der Waals surface area contributed by atoms with Gasteiger partial charge in [-0.2, -0.15) is 10.1 Å². The second-order valence-corrected chi connectivity index (χ2v) is 6.87. The van der Waals surface area contributed by atoms with Crippen LogP contribution in [-0.2, 0) is 0 Å². The Labute approximate surface area is 144 Å². The topological polar surface area (TPSA) is 58.3 Å². The first-order valence-electron chi connectivity index (χ1n) is 8.55. The second-order valence-electron chi connectivity index (χ2n) is 6.87. The summed E-state index contributed by atoms with van der Waals surface area (Å²) in [6.07, 6.45) is 2.47. The van der Waals surface area contributed by atoms with Gasteiger partial charge in [-0.05, 0) is 37.1 Å². The van der Waals surface area contributed by atoms with E-state index in [-0.39, 0.29) is 11.9 Å². The highest BCUT2D eigenvalue weighted by molar-refractivity contribution is 5.74. The normalized spacial score (nSPS) is 17.8. The number of anilines is 2. The van der Waals surface area contributed by atoms with E-state index in [1.54, 1.807) is 6.07 Å². The van der Waals surface area contributed by atoms with Crippen molar-refractivity contribution in [3.05, 3.63) is 41.8 Å². The van der Waals surface area contributed by atoms with Crippen LogP contribution >= 0.6 is 0 Å². The van der Waals surface area contributed by atoms with Gasteiger partial charge in [0.15, 0.2) is 11.4 Å². The zero-order valence-corrected chi connectivity index (χ0v) is 13.9. The van der Waals surface area contributed by atoms with Crippen LogP contribution in [0.3, 0.4) is 0 Å². The standard InChI is InChI=1S/C18H18FN5O/c1-23(18-20-15-8-12(19)4-6-16(15)25-18)13-9-24(10-13)17-7-5-14(21-22-17)11-2-3-11/h4-8,11,13H,2-3,9-10H2,1H3. The maximum Gasteiger partial charge on any atom is 0.298 e. The van der Waals surface area contributed by atoms with E-state index < -0.39 is 0 Å². The fourth-order valence-electron chi connectivity index (χ4n) is 3.18. The molecule has 0 amide bonds. The van der Waals surface area contributed by atoms with Crippen molar-refractivity contribution in [1.29, 1.82) is 0 Å². The van der Waals surface area contributed by atoms with Crippen molar-refractivity contribution >= 4 is 22.9 Å². The van der Waals surface area contributed by atoms with Crippen LogP contribution in [-0.4, -0.2) is 41.4 Å². The molecule has 0 bridgehead atoms. The van der Waals surface area contributed by atoms with Crippen LogP contribution in [0.25, 0.3) is 11.1 Å². The van der Waals surface area contributed by atoms with Gasteiger partial charge in [0.2, 0.25) is 0 Å². The number of nitrogens with zero attached hydrogens (tertiary/aromatic N) is 5. The SMILES string of the molecule is CN(c1nc2cc(F)ccc2o1)C1CN(c2ccc(C3CC3)nn2)C1.